The molecule has 0 spiro atoms. The van der Waals surface area contributed by atoms with E-state index in [4.69, 9.17) is 11.6 Å². The molecule has 1 aromatic carbocycles. The first kappa shape index (κ1) is 14.2. The molecule has 0 aliphatic carbocycles. The number of anilines is 1. The van der Waals surface area contributed by atoms with Crippen molar-refractivity contribution < 1.29 is 9.59 Å². The summed E-state index contributed by atoms with van der Waals surface area (Å²) in [4.78, 5) is 30.2. The summed E-state index contributed by atoms with van der Waals surface area (Å²) in [6.07, 6.45) is 0.178. The van der Waals surface area contributed by atoms with Crippen LogP contribution < -0.4 is 5.32 Å². The fourth-order valence-electron chi connectivity index (χ4n) is 2.05. The zero-order chi connectivity index (χ0) is 15.5. The molecule has 1 amide bonds. The Morgan fingerprint density at radius 3 is 2.59 bits per heavy atom. The second kappa shape index (κ2) is 5.91. The maximum Gasteiger partial charge on any atom is 0.288 e. The van der Waals surface area contributed by atoms with E-state index >= 15 is 0 Å². The van der Waals surface area contributed by atoms with Crippen molar-refractivity contribution in [2.45, 2.75) is 0 Å². The Morgan fingerprint density at radius 1 is 1.09 bits per heavy atom. The number of aldehydes is 1. The van der Waals surface area contributed by atoms with Crippen molar-refractivity contribution in [3.63, 3.8) is 0 Å². The number of nitrogens with zero attached hydrogens (tertiary/aromatic N) is 2. The van der Waals surface area contributed by atoms with Crippen molar-refractivity contribution in [3.05, 3.63) is 53.7 Å². The molecule has 3 rings (SSSR count). The molecule has 2 aromatic heterocycles. The van der Waals surface area contributed by atoms with E-state index in [1.165, 1.54) is 0 Å². The van der Waals surface area contributed by atoms with Crippen LogP contribution in [0.3, 0.4) is 0 Å². The maximum absolute atomic E-state index is 11.1. The second-order valence-corrected chi connectivity index (χ2v) is 4.90. The maximum atomic E-state index is 11.1. The normalized spacial score (nSPS) is 10.4. The van der Waals surface area contributed by atoms with E-state index < -0.39 is 5.91 Å². The van der Waals surface area contributed by atoms with Crippen LogP contribution >= 0.6 is 11.6 Å². The molecule has 0 bridgehead atoms. The summed E-state index contributed by atoms with van der Waals surface area (Å²) in [6, 6.07) is 15.0. The minimum atomic E-state index is -0.781. The molecule has 2 heterocycles. The van der Waals surface area contributed by atoms with Gasteiger partial charge in [0.2, 0.25) is 6.29 Å². The Bertz CT molecular complexity index is 866. The Hall–Kier alpha value is -2.79. The molecule has 0 aliphatic rings. The number of nitrogens with one attached hydrogen (secondary N) is 1. The minimum Gasteiger partial charge on any atom is -0.317 e. The van der Waals surface area contributed by atoms with Gasteiger partial charge < -0.3 is 5.32 Å². The molecule has 5 nitrogen and oxygen atoms in total. The molecule has 6 heteroatoms. The topological polar surface area (TPSA) is 72.0 Å². The number of hydrogen-bond acceptors (Lipinski definition) is 4. The van der Waals surface area contributed by atoms with E-state index in [2.05, 4.69) is 15.3 Å². The lowest BCUT2D eigenvalue weighted by molar-refractivity contribution is -0.127. The van der Waals surface area contributed by atoms with E-state index in [0.29, 0.717) is 11.0 Å². The largest absolute Gasteiger partial charge is 0.317 e. The highest BCUT2D eigenvalue weighted by Gasteiger charge is 2.10. The first-order valence-electron chi connectivity index (χ1n) is 6.46. The number of carbonyl (C=O) groups excluding carboxylic acids is 2. The molecule has 108 valence electrons. The summed E-state index contributed by atoms with van der Waals surface area (Å²) in [5.41, 5.74) is 2.50. The average Bonchev–Trinajstić information content (AvgIpc) is 2.55. The SMILES string of the molecule is O=CC(=O)Nc1cc2ccc(-c3ccccc3)nc2nc1Cl. The third-order valence-corrected chi connectivity index (χ3v) is 3.35. The number of fused-ring (bicyclic) bond motifs is 1. The first-order valence-corrected chi connectivity index (χ1v) is 6.84. The van der Waals surface area contributed by atoms with Crippen molar-refractivity contribution >= 4 is 40.5 Å². The molecule has 0 atom stereocenters. The van der Waals surface area contributed by atoms with Gasteiger partial charge in [-0.05, 0) is 18.2 Å². The van der Waals surface area contributed by atoms with E-state index in [1.807, 2.05) is 42.5 Å². The Labute approximate surface area is 131 Å². The van der Waals surface area contributed by atoms with Crippen LogP contribution in [-0.2, 0) is 9.59 Å². The lowest BCUT2D eigenvalue weighted by atomic mass is 10.1. The van der Waals surface area contributed by atoms with Crippen molar-refractivity contribution in [3.8, 4) is 11.3 Å². The highest BCUT2D eigenvalue weighted by molar-refractivity contribution is 6.35. The van der Waals surface area contributed by atoms with Gasteiger partial charge in [0.15, 0.2) is 10.8 Å². The highest BCUT2D eigenvalue weighted by atomic mass is 35.5. The first-order chi connectivity index (χ1) is 10.7. The van der Waals surface area contributed by atoms with Crippen LogP contribution in [0.2, 0.25) is 5.15 Å². The smallest absolute Gasteiger partial charge is 0.288 e. The molecule has 0 fully saturated rings. The van der Waals surface area contributed by atoms with Crippen molar-refractivity contribution in [1.29, 1.82) is 0 Å². The third-order valence-electron chi connectivity index (χ3n) is 3.07. The lowest BCUT2D eigenvalue weighted by Crippen LogP contribution is -2.12. The van der Waals surface area contributed by atoms with Crippen molar-refractivity contribution in [2.75, 3.05) is 5.32 Å². The summed E-state index contributed by atoms with van der Waals surface area (Å²) in [7, 11) is 0. The highest BCUT2D eigenvalue weighted by Crippen LogP contribution is 2.26. The molecule has 0 saturated carbocycles. The third kappa shape index (κ3) is 2.80. The lowest BCUT2D eigenvalue weighted by Gasteiger charge is -2.07. The Kier molecular flexibility index (Phi) is 3.80. The molecular formula is C16H10ClN3O2. The number of carbonyl (C=O) groups is 2. The van der Waals surface area contributed by atoms with Crippen LogP contribution in [0.1, 0.15) is 0 Å². The van der Waals surface area contributed by atoms with Crippen molar-refractivity contribution in [2.24, 2.45) is 0 Å². The molecule has 0 radical (unpaired) electrons. The van der Waals surface area contributed by atoms with Crippen LogP contribution in [0, 0.1) is 0 Å². The van der Waals surface area contributed by atoms with Gasteiger partial charge >= 0.3 is 0 Å². The van der Waals surface area contributed by atoms with Gasteiger partial charge in [-0.15, -0.1) is 0 Å². The van der Waals surface area contributed by atoms with Gasteiger partial charge in [-0.2, -0.15) is 0 Å². The fraction of sp³-hybridized carbons (Fsp3) is 0. The number of pyridine rings is 2. The van der Waals surface area contributed by atoms with Gasteiger partial charge in [0, 0.05) is 10.9 Å². The molecular weight excluding hydrogens is 302 g/mol. The summed E-state index contributed by atoms with van der Waals surface area (Å²) in [5, 5.41) is 3.17. The monoisotopic (exact) mass is 311 g/mol. The van der Waals surface area contributed by atoms with E-state index in [1.54, 1.807) is 6.07 Å². The van der Waals surface area contributed by atoms with Crippen LogP contribution in [0.4, 0.5) is 5.69 Å². The molecule has 22 heavy (non-hydrogen) atoms. The fourth-order valence-corrected chi connectivity index (χ4v) is 2.23. The second-order valence-electron chi connectivity index (χ2n) is 4.54. The van der Waals surface area contributed by atoms with Crippen LogP contribution in [0.25, 0.3) is 22.3 Å². The van der Waals surface area contributed by atoms with Crippen LogP contribution in [0.5, 0.6) is 0 Å². The van der Waals surface area contributed by atoms with Gasteiger partial charge in [-0.25, -0.2) is 9.97 Å². The number of benzene rings is 1. The zero-order valence-corrected chi connectivity index (χ0v) is 12.0. The predicted molar refractivity (Wildman–Crippen MR) is 84.7 cm³/mol. The van der Waals surface area contributed by atoms with E-state index in [9.17, 15) is 9.59 Å². The summed E-state index contributed by atoms with van der Waals surface area (Å²) < 4.78 is 0. The summed E-state index contributed by atoms with van der Waals surface area (Å²) in [5.74, 6) is -0.781. The Balaban J connectivity index is 2.05. The van der Waals surface area contributed by atoms with Gasteiger partial charge in [0.05, 0.1) is 11.4 Å². The summed E-state index contributed by atoms with van der Waals surface area (Å²) >= 11 is 6.02. The van der Waals surface area contributed by atoms with Gasteiger partial charge in [-0.1, -0.05) is 41.9 Å². The van der Waals surface area contributed by atoms with Crippen LogP contribution in [-0.4, -0.2) is 22.2 Å². The Morgan fingerprint density at radius 2 is 1.86 bits per heavy atom. The van der Waals surface area contributed by atoms with Gasteiger partial charge in [-0.3, -0.25) is 9.59 Å². The molecule has 1 N–H and O–H groups in total. The summed E-state index contributed by atoms with van der Waals surface area (Å²) in [6.45, 7) is 0. The van der Waals surface area contributed by atoms with Crippen LogP contribution in [0.15, 0.2) is 48.5 Å². The zero-order valence-electron chi connectivity index (χ0n) is 11.3. The quantitative estimate of drug-likeness (QED) is 0.458. The standard InChI is InChI=1S/C16H10ClN3O2/c17-15-13(18-14(22)9-21)8-11-6-7-12(19-16(11)20-15)10-4-2-1-3-5-10/h1-9H,(H,18,22). The predicted octanol–water partition coefficient (Wildman–Crippen LogP) is 3.09. The van der Waals surface area contributed by atoms with Gasteiger partial charge in [0.1, 0.15) is 0 Å². The molecule has 0 unspecified atom stereocenters. The van der Waals surface area contributed by atoms with Gasteiger partial charge in [0.25, 0.3) is 5.91 Å². The van der Waals surface area contributed by atoms with E-state index in [-0.39, 0.29) is 17.1 Å². The number of amides is 1. The number of rotatable bonds is 3. The minimum absolute atomic E-state index is 0.0837. The molecule has 3 aromatic rings. The van der Waals surface area contributed by atoms with Crippen molar-refractivity contribution in [1.82, 2.24) is 9.97 Å². The number of aromatic nitrogens is 2. The average molecular weight is 312 g/mol. The molecule has 0 saturated heterocycles. The molecule has 0 aliphatic heterocycles. The number of hydrogen-bond donors (Lipinski definition) is 1. The number of halogens is 1. The van der Waals surface area contributed by atoms with E-state index in [0.717, 1.165) is 11.3 Å².